The zero-order chi connectivity index (χ0) is 21.0. The molecule has 5 aliphatic rings. The Morgan fingerprint density at radius 3 is 2.32 bits per heavy atom. The lowest BCUT2D eigenvalue weighted by Gasteiger charge is -2.55. The van der Waals surface area contributed by atoms with Gasteiger partial charge in [-0.05, 0) is 92.2 Å². The van der Waals surface area contributed by atoms with E-state index in [0.29, 0.717) is 35.8 Å². The standard InChI is InChI=1S/C25H26O5S/c26-23(25-11-15-7-16(12-25)9-17(8-15)13-25)14-30-24(27)22-4-3-21(31-22)18-1-2-19-20(10-18)29-6-5-28-19/h1-4,10,15-17H,5-9,11-14H2. The minimum absolute atomic E-state index is 0.0950. The normalized spacial score (nSPS) is 30.3. The minimum Gasteiger partial charge on any atom is -0.486 e. The van der Waals surface area contributed by atoms with Gasteiger partial charge in [0.05, 0.1) is 0 Å². The highest BCUT2D eigenvalue weighted by molar-refractivity contribution is 7.17. The fraction of sp³-hybridized carbons (Fsp3) is 0.520. The van der Waals surface area contributed by atoms with Gasteiger partial charge in [0, 0.05) is 10.3 Å². The van der Waals surface area contributed by atoms with E-state index in [1.54, 1.807) is 6.07 Å². The minimum atomic E-state index is -0.410. The van der Waals surface area contributed by atoms with Crippen molar-refractivity contribution in [2.24, 2.45) is 23.2 Å². The molecule has 4 bridgehead atoms. The topological polar surface area (TPSA) is 61.8 Å². The second-order valence-electron chi connectivity index (χ2n) is 9.72. The summed E-state index contributed by atoms with van der Waals surface area (Å²) in [5.74, 6) is 3.32. The summed E-state index contributed by atoms with van der Waals surface area (Å²) < 4.78 is 16.7. The van der Waals surface area contributed by atoms with Crippen molar-refractivity contribution in [2.75, 3.05) is 19.8 Å². The van der Waals surface area contributed by atoms with Crippen LogP contribution in [0.2, 0.25) is 0 Å². The molecule has 1 aromatic heterocycles. The number of hydrogen-bond donors (Lipinski definition) is 0. The summed E-state index contributed by atoms with van der Waals surface area (Å²) in [4.78, 5) is 27.2. The number of thiophene rings is 1. The molecule has 5 nitrogen and oxygen atoms in total. The van der Waals surface area contributed by atoms with E-state index in [2.05, 4.69) is 0 Å². The van der Waals surface area contributed by atoms with Crippen LogP contribution in [0.3, 0.4) is 0 Å². The van der Waals surface area contributed by atoms with Gasteiger partial charge < -0.3 is 14.2 Å². The van der Waals surface area contributed by atoms with Gasteiger partial charge in [0.15, 0.2) is 23.9 Å². The van der Waals surface area contributed by atoms with Gasteiger partial charge in [0.2, 0.25) is 0 Å². The molecule has 0 unspecified atom stereocenters. The molecule has 6 heteroatoms. The van der Waals surface area contributed by atoms with E-state index in [-0.39, 0.29) is 17.8 Å². The second-order valence-corrected chi connectivity index (χ2v) is 10.8. The first-order chi connectivity index (χ1) is 15.1. The number of benzene rings is 1. The Morgan fingerprint density at radius 2 is 1.61 bits per heavy atom. The first-order valence-corrected chi connectivity index (χ1v) is 12.1. The van der Waals surface area contributed by atoms with Crippen LogP contribution in [0.25, 0.3) is 10.4 Å². The van der Waals surface area contributed by atoms with Gasteiger partial charge in [-0.2, -0.15) is 0 Å². The molecule has 1 aromatic carbocycles. The maximum absolute atomic E-state index is 13.1. The van der Waals surface area contributed by atoms with E-state index in [1.165, 1.54) is 30.6 Å². The average molecular weight is 439 g/mol. The van der Waals surface area contributed by atoms with Crippen LogP contribution in [0.1, 0.15) is 48.2 Å². The molecule has 162 valence electrons. The van der Waals surface area contributed by atoms with Crippen LogP contribution in [0.5, 0.6) is 11.5 Å². The molecular weight excluding hydrogens is 412 g/mol. The maximum Gasteiger partial charge on any atom is 0.348 e. The van der Waals surface area contributed by atoms with Gasteiger partial charge in [0.1, 0.15) is 18.1 Å². The van der Waals surface area contributed by atoms with Crippen molar-refractivity contribution in [2.45, 2.75) is 38.5 Å². The fourth-order valence-electron chi connectivity index (χ4n) is 6.61. The van der Waals surface area contributed by atoms with E-state index in [1.807, 2.05) is 24.3 Å². The number of esters is 1. The highest BCUT2D eigenvalue weighted by Crippen LogP contribution is 2.60. The van der Waals surface area contributed by atoms with Crippen molar-refractivity contribution >= 4 is 23.1 Å². The van der Waals surface area contributed by atoms with Crippen LogP contribution in [0.4, 0.5) is 0 Å². The van der Waals surface area contributed by atoms with Gasteiger partial charge in [-0.25, -0.2) is 4.79 Å². The van der Waals surface area contributed by atoms with Crippen molar-refractivity contribution < 1.29 is 23.8 Å². The fourth-order valence-corrected chi connectivity index (χ4v) is 7.50. The summed E-state index contributed by atoms with van der Waals surface area (Å²) in [7, 11) is 0. The molecule has 4 saturated carbocycles. The SMILES string of the molecule is O=C(OCC(=O)C12CC3CC(CC(C3)C1)C2)c1ccc(-c2ccc3c(c2)OCCO3)s1. The van der Waals surface area contributed by atoms with Crippen LogP contribution in [-0.4, -0.2) is 31.6 Å². The van der Waals surface area contributed by atoms with Crippen LogP contribution in [0.15, 0.2) is 30.3 Å². The summed E-state index contributed by atoms with van der Waals surface area (Å²) in [6.07, 6.45) is 6.90. The molecule has 0 N–H and O–H groups in total. The van der Waals surface area contributed by atoms with Crippen molar-refractivity contribution in [1.29, 1.82) is 0 Å². The quantitative estimate of drug-likeness (QED) is 0.606. The third-order valence-electron chi connectivity index (χ3n) is 7.60. The van der Waals surface area contributed by atoms with Crippen molar-refractivity contribution in [3.05, 3.63) is 35.2 Å². The number of rotatable bonds is 5. The lowest BCUT2D eigenvalue weighted by molar-refractivity contribution is -0.147. The summed E-state index contributed by atoms with van der Waals surface area (Å²) in [6.45, 7) is 1.00. The Labute approximate surface area is 185 Å². The van der Waals surface area contributed by atoms with E-state index in [9.17, 15) is 9.59 Å². The molecule has 4 fully saturated rings. The lowest BCUT2D eigenvalue weighted by atomic mass is 9.48. The summed E-state index contributed by atoms with van der Waals surface area (Å²) >= 11 is 1.37. The Balaban J connectivity index is 1.12. The molecule has 4 aliphatic carbocycles. The predicted molar refractivity (Wildman–Crippen MR) is 117 cm³/mol. The Kier molecular flexibility index (Phi) is 4.60. The highest BCUT2D eigenvalue weighted by Gasteiger charge is 2.54. The molecule has 31 heavy (non-hydrogen) atoms. The van der Waals surface area contributed by atoms with Gasteiger partial charge >= 0.3 is 5.97 Å². The molecule has 0 radical (unpaired) electrons. The van der Waals surface area contributed by atoms with Crippen molar-refractivity contribution in [3.63, 3.8) is 0 Å². The van der Waals surface area contributed by atoms with E-state index >= 15 is 0 Å². The number of hydrogen-bond acceptors (Lipinski definition) is 6. The third kappa shape index (κ3) is 3.45. The average Bonchev–Trinajstić information content (AvgIpc) is 3.26. The zero-order valence-corrected chi connectivity index (χ0v) is 18.2. The highest BCUT2D eigenvalue weighted by atomic mass is 32.1. The van der Waals surface area contributed by atoms with E-state index in [4.69, 9.17) is 14.2 Å². The molecule has 1 aliphatic heterocycles. The number of Topliss-reactive ketones (excluding diaryl/α,β-unsaturated/α-hetero) is 1. The number of carbonyl (C=O) groups excluding carboxylic acids is 2. The molecule has 7 rings (SSSR count). The number of carbonyl (C=O) groups is 2. The monoisotopic (exact) mass is 438 g/mol. The van der Waals surface area contributed by atoms with Crippen LogP contribution in [-0.2, 0) is 9.53 Å². The molecular formula is C25H26O5S. The van der Waals surface area contributed by atoms with Crippen molar-refractivity contribution in [3.8, 4) is 21.9 Å². The van der Waals surface area contributed by atoms with Gasteiger partial charge in [-0.15, -0.1) is 11.3 Å². The number of ketones is 1. The molecule has 0 amide bonds. The summed E-state index contributed by atoms with van der Waals surface area (Å²) in [5, 5.41) is 0. The van der Waals surface area contributed by atoms with Crippen LogP contribution < -0.4 is 9.47 Å². The largest absolute Gasteiger partial charge is 0.486 e. The van der Waals surface area contributed by atoms with Gasteiger partial charge in [-0.3, -0.25) is 4.79 Å². The molecule has 2 heterocycles. The van der Waals surface area contributed by atoms with E-state index < -0.39 is 5.97 Å². The Bertz CT molecular complexity index is 1000. The molecule has 0 saturated heterocycles. The first-order valence-electron chi connectivity index (χ1n) is 11.3. The summed E-state index contributed by atoms with van der Waals surface area (Å²) in [5.41, 5.74) is 0.749. The van der Waals surface area contributed by atoms with Crippen LogP contribution >= 0.6 is 11.3 Å². The third-order valence-corrected chi connectivity index (χ3v) is 8.71. The molecule has 0 atom stereocenters. The van der Waals surface area contributed by atoms with Crippen molar-refractivity contribution in [1.82, 2.24) is 0 Å². The Morgan fingerprint density at radius 1 is 0.935 bits per heavy atom. The number of ether oxygens (including phenoxy) is 3. The summed E-state index contributed by atoms with van der Waals surface area (Å²) in [6, 6.07) is 9.48. The zero-order valence-electron chi connectivity index (χ0n) is 17.4. The van der Waals surface area contributed by atoms with E-state index in [0.717, 1.165) is 41.2 Å². The first kappa shape index (κ1) is 19.4. The molecule has 2 aromatic rings. The molecule has 0 spiro atoms. The Hall–Kier alpha value is -2.34. The van der Waals surface area contributed by atoms with Gasteiger partial charge in [0.25, 0.3) is 0 Å². The second kappa shape index (κ2) is 7.37. The number of fused-ring (bicyclic) bond motifs is 1. The predicted octanol–water partition coefficient (Wildman–Crippen LogP) is 5.13. The smallest absolute Gasteiger partial charge is 0.348 e. The maximum atomic E-state index is 13.1. The van der Waals surface area contributed by atoms with Gasteiger partial charge in [-0.1, -0.05) is 0 Å². The van der Waals surface area contributed by atoms with Crippen LogP contribution in [0, 0.1) is 23.2 Å². The lowest BCUT2D eigenvalue weighted by Crippen LogP contribution is -2.51.